The summed E-state index contributed by atoms with van der Waals surface area (Å²) in [6.45, 7) is 8.64. The lowest BCUT2D eigenvalue weighted by atomic mass is 9.82. The van der Waals surface area contributed by atoms with E-state index in [2.05, 4.69) is 38.8 Å². The molecule has 0 saturated carbocycles. The van der Waals surface area contributed by atoms with E-state index >= 15 is 0 Å². The molecule has 0 spiro atoms. The predicted octanol–water partition coefficient (Wildman–Crippen LogP) is 3.57. The average molecular weight is 302 g/mol. The average Bonchev–Trinajstić information content (AvgIpc) is 2.46. The van der Waals surface area contributed by atoms with Crippen molar-refractivity contribution in [3.8, 4) is 6.07 Å². The molecule has 0 amide bonds. The first-order chi connectivity index (χ1) is 10.3. The monoisotopic (exact) mass is 302 g/mol. The van der Waals surface area contributed by atoms with Gasteiger partial charge in [-0.05, 0) is 64.7 Å². The molecule has 0 aliphatic carbocycles. The summed E-state index contributed by atoms with van der Waals surface area (Å²) in [5.74, 6) is 0. The zero-order valence-electron chi connectivity index (χ0n) is 14.0. The highest BCUT2D eigenvalue weighted by molar-refractivity contribution is 5.32. The Morgan fingerprint density at radius 3 is 2.18 bits per heavy atom. The number of rotatable bonds is 4. The Morgan fingerprint density at radius 2 is 1.73 bits per heavy atom. The Balaban J connectivity index is 2.22. The van der Waals surface area contributed by atoms with Crippen LogP contribution in [0, 0.1) is 11.3 Å². The molecule has 4 heteroatoms. The summed E-state index contributed by atoms with van der Waals surface area (Å²) in [6, 6.07) is 9.32. The molecule has 22 heavy (non-hydrogen) atoms. The van der Waals surface area contributed by atoms with Crippen molar-refractivity contribution in [2.24, 2.45) is 0 Å². The Labute approximate surface area is 133 Å². The van der Waals surface area contributed by atoms with Gasteiger partial charge in [-0.2, -0.15) is 10.3 Å². The fourth-order valence-electron chi connectivity index (χ4n) is 3.36. The summed E-state index contributed by atoms with van der Waals surface area (Å²) >= 11 is 0. The van der Waals surface area contributed by atoms with Crippen LogP contribution in [0.2, 0.25) is 0 Å². The van der Waals surface area contributed by atoms with Gasteiger partial charge in [-0.25, -0.2) is 0 Å². The zero-order valence-corrected chi connectivity index (χ0v) is 14.0. The Morgan fingerprint density at radius 1 is 1.18 bits per heavy atom. The van der Waals surface area contributed by atoms with Crippen LogP contribution in [0.3, 0.4) is 0 Å². The molecule has 0 aromatic heterocycles. The molecule has 1 aliphatic rings. The predicted molar refractivity (Wildman–Crippen MR) is 85.9 cm³/mol. The summed E-state index contributed by atoms with van der Waals surface area (Å²) < 4.78 is 0. The van der Waals surface area contributed by atoms with Crippen molar-refractivity contribution in [3.05, 3.63) is 35.4 Å². The first-order valence-electron chi connectivity index (χ1n) is 7.88. The first-order valence-corrected chi connectivity index (χ1v) is 7.88. The van der Waals surface area contributed by atoms with E-state index in [0.717, 1.165) is 18.4 Å². The third kappa shape index (κ3) is 3.49. The minimum absolute atomic E-state index is 0.0677. The number of nitrogens with zero attached hydrogens (tertiary/aromatic N) is 2. The largest absolute Gasteiger partial charge is 0.393 e. The molecular formula is C18H26N2O2. The summed E-state index contributed by atoms with van der Waals surface area (Å²) in [7, 11) is 0. The number of nitriles is 1. The number of aliphatic hydroxyl groups excluding tert-OH is 1. The van der Waals surface area contributed by atoms with Crippen LogP contribution in [0.5, 0.6) is 0 Å². The molecule has 0 unspecified atom stereocenters. The second kappa shape index (κ2) is 6.37. The molecule has 0 radical (unpaired) electrons. The van der Waals surface area contributed by atoms with E-state index in [1.165, 1.54) is 6.42 Å². The molecule has 1 atom stereocenters. The van der Waals surface area contributed by atoms with Gasteiger partial charge in [0.2, 0.25) is 0 Å². The number of piperidine rings is 1. The van der Waals surface area contributed by atoms with E-state index < -0.39 is 6.10 Å². The summed E-state index contributed by atoms with van der Waals surface area (Å²) in [5.41, 5.74) is 1.36. The van der Waals surface area contributed by atoms with Gasteiger partial charge < -0.3 is 5.11 Å². The van der Waals surface area contributed by atoms with Gasteiger partial charge in [0.15, 0.2) is 0 Å². The van der Waals surface area contributed by atoms with Crippen molar-refractivity contribution in [2.45, 2.75) is 64.1 Å². The number of hydrogen-bond acceptors (Lipinski definition) is 4. The van der Waals surface area contributed by atoms with Crippen LogP contribution >= 0.6 is 0 Å². The van der Waals surface area contributed by atoms with Gasteiger partial charge in [0, 0.05) is 11.1 Å². The van der Waals surface area contributed by atoms with Crippen LogP contribution in [0.4, 0.5) is 0 Å². The summed E-state index contributed by atoms with van der Waals surface area (Å²) in [4.78, 5) is 6.23. The molecule has 1 aromatic carbocycles. The third-order valence-corrected chi connectivity index (χ3v) is 4.49. The van der Waals surface area contributed by atoms with Gasteiger partial charge >= 0.3 is 0 Å². The van der Waals surface area contributed by atoms with Gasteiger partial charge in [-0.15, -0.1) is 0 Å². The van der Waals surface area contributed by atoms with E-state index in [4.69, 9.17) is 10.1 Å². The zero-order chi connectivity index (χ0) is 16.4. The molecule has 1 saturated heterocycles. The highest BCUT2D eigenvalue weighted by Gasteiger charge is 2.43. The Kier molecular flexibility index (Phi) is 4.91. The molecule has 2 rings (SSSR count). The molecule has 1 aromatic rings. The van der Waals surface area contributed by atoms with Gasteiger partial charge in [-0.3, -0.25) is 4.84 Å². The molecule has 1 heterocycles. The van der Waals surface area contributed by atoms with Gasteiger partial charge in [0.05, 0.1) is 18.2 Å². The fourth-order valence-corrected chi connectivity index (χ4v) is 3.36. The van der Waals surface area contributed by atoms with E-state index in [9.17, 15) is 5.11 Å². The lowest BCUT2D eigenvalue weighted by molar-refractivity contribution is -0.311. The summed E-state index contributed by atoms with van der Waals surface area (Å²) in [6.07, 6.45) is 2.91. The third-order valence-electron chi connectivity index (χ3n) is 4.49. The maximum Gasteiger partial charge on any atom is 0.127 e. The highest BCUT2D eigenvalue weighted by atomic mass is 16.7. The van der Waals surface area contributed by atoms with E-state index in [0.29, 0.717) is 5.56 Å². The van der Waals surface area contributed by atoms with Crippen molar-refractivity contribution >= 4 is 0 Å². The molecule has 0 bridgehead atoms. The van der Waals surface area contributed by atoms with Gasteiger partial charge in [0.1, 0.15) is 6.10 Å². The van der Waals surface area contributed by atoms with Crippen molar-refractivity contribution in [1.29, 1.82) is 5.26 Å². The van der Waals surface area contributed by atoms with Crippen LogP contribution in [0.1, 0.15) is 64.2 Å². The lowest BCUT2D eigenvalue weighted by Gasteiger charge is -2.52. The number of hydrogen-bond donors (Lipinski definition) is 1. The first kappa shape index (κ1) is 17.0. The topological polar surface area (TPSA) is 56.5 Å². The van der Waals surface area contributed by atoms with Crippen LogP contribution in [0.15, 0.2) is 24.3 Å². The molecule has 120 valence electrons. The molecular weight excluding hydrogens is 276 g/mol. The standard InChI is InChI=1S/C18H26N2O2/c1-17(2)10-5-11-18(3,4)20(17)22-16(13-21)15-8-6-14(12-19)7-9-15/h6-9,16,21H,5,10-11,13H2,1-4H3/t16-/m1/s1. The Bertz CT molecular complexity index is 527. The van der Waals surface area contributed by atoms with Crippen LogP contribution in [-0.2, 0) is 4.84 Å². The smallest absolute Gasteiger partial charge is 0.127 e. The van der Waals surface area contributed by atoms with E-state index in [-0.39, 0.29) is 17.7 Å². The fraction of sp³-hybridized carbons (Fsp3) is 0.611. The molecule has 4 nitrogen and oxygen atoms in total. The van der Waals surface area contributed by atoms with Crippen LogP contribution in [-0.4, -0.2) is 27.9 Å². The molecule has 1 aliphatic heterocycles. The second-order valence-electron chi connectivity index (χ2n) is 7.28. The second-order valence-corrected chi connectivity index (χ2v) is 7.28. The van der Waals surface area contributed by atoms with Crippen LogP contribution in [0.25, 0.3) is 0 Å². The number of benzene rings is 1. The molecule has 1 fully saturated rings. The maximum atomic E-state index is 9.76. The number of hydroxylamine groups is 2. The highest BCUT2D eigenvalue weighted by Crippen LogP contribution is 2.40. The minimum atomic E-state index is -0.413. The SMILES string of the molecule is CC1(C)CCCC(C)(C)N1O[C@H](CO)c1ccc(C#N)cc1. The van der Waals surface area contributed by atoms with E-state index in [1.54, 1.807) is 12.1 Å². The van der Waals surface area contributed by atoms with Crippen molar-refractivity contribution in [3.63, 3.8) is 0 Å². The van der Waals surface area contributed by atoms with Crippen LogP contribution < -0.4 is 0 Å². The van der Waals surface area contributed by atoms with Crippen molar-refractivity contribution in [2.75, 3.05) is 6.61 Å². The maximum absolute atomic E-state index is 9.76. The minimum Gasteiger partial charge on any atom is -0.393 e. The van der Waals surface area contributed by atoms with Gasteiger partial charge in [-0.1, -0.05) is 12.1 Å². The lowest BCUT2D eigenvalue weighted by Crippen LogP contribution is -2.58. The quantitative estimate of drug-likeness (QED) is 0.924. The van der Waals surface area contributed by atoms with E-state index in [1.807, 2.05) is 12.1 Å². The Hall–Kier alpha value is -1.41. The van der Waals surface area contributed by atoms with Crippen molar-refractivity contribution < 1.29 is 9.94 Å². The normalized spacial score (nSPS) is 22.0. The molecule has 1 N–H and O–H groups in total. The summed E-state index contributed by atoms with van der Waals surface area (Å²) in [5, 5.41) is 20.7. The van der Waals surface area contributed by atoms with Crippen molar-refractivity contribution in [1.82, 2.24) is 5.06 Å². The number of aliphatic hydroxyl groups is 1. The van der Waals surface area contributed by atoms with Gasteiger partial charge in [0.25, 0.3) is 0 Å².